The second-order valence-corrected chi connectivity index (χ2v) is 4.52. The number of carbonyl (C=O) groups excluding carboxylic acids is 1. The summed E-state index contributed by atoms with van der Waals surface area (Å²) in [7, 11) is 6.69. The van der Waals surface area contributed by atoms with E-state index in [0.29, 0.717) is 12.1 Å². The largest absolute Gasteiger partial charge is 0.414 e. The maximum Gasteiger partial charge on any atom is 0.414 e. The monoisotopic (exact) mass is 267 g/mol. The molecule has 7 heteroatoms. The average Bonchev–Trinajstić information content (AvgIpc) is 2.29. The molecular formula is C12H17N3O4. The van der Waals surface area contributed by atoms with Gasteiger partial charge < -0.3 is 14.5 Å². The number of rotatable bonds is 4. The lowest BCUT2D eigenvalue weighted by atomic mass is 10.1. The van der Waals surface area contributed by atoms with Gasteiger partial charge in [0.25, 0.3) is 0 Å². The van der Waals surface area contributed by atoms with Crippen LogP contribution >= 0.6 is 0 Å². The first-order valence-corrected chi connectivity index (χ1v) is 5.63. The molecule has 19 heavy (non-hydrogen) atoms. The smallest absolute Gasteiger partial charge is 0.402 e. The van der Waals surface area contributed by atoms with E-state index < -0.39 is 11.0 Å². The molecule has 1 aromatic carbocycles. The van der Waals surface area contributed by atoms with Gasteiger partial charge in [0.1, 0.15) is 0 Å². The Hall–Kier alpha value is -2.15. The van der Waals surface area contributed by atoms with E-state index in [0.717, 1.165) is 0 Å². The number of amides is 1. The summed E-state index contributed by atoms with van der Waals surface area (Å²) in [5, 5.41) is 11.0. The topological polar surface area (TPSA) is 75.9 Å². The van der Waals surface area contributed by atoms with Crippen molar-refractivity contribution in [2.45, 2.75) is 6.54 Å². The zero-order chi connectivity index (χ0) is 14.6. The average molecular weight is 267 g/mol. The number of hydrogen-bond acceptors (Lipinski definition) is 5. The van der Waals surface area contributed by atoms with Crippen molar-refractivity contribution in [2.24, 2.45) is 0 Å². The van der Waals surface area contributed by atoms with E-state index in [-0.39, 0.29) is 11.4 Å². The van der Waals surface area contributed by atoms with E-state index in [1.807, 2.05) is 19.0 Å². The maximum atomic E-state index is 11.6. The van der Waals surface area contributed by atoms with Gasteiger partial charge in [0.15, 0.2) is 0 Å². The Balaban J connectivity index is 3.21. The van der Waals surface area contributed by atoms with E-state index in [1.165, 1.54) is 25.1 Å². The SMILES string of the molecule is CN(C)Cc1cccc([N+](=O)[O-])c1OC(=O)N(C)C. The molecular weight excluding hydrogens is 250 g/mol. The van der Waals surface area contributed by atoms with Crippen LogP contribution in [0, 0.1) is 10.1 Å². The predicted molar refractivity (Wildman–Crippen MR) is 70.2 cm³/mol. The Bertz CT molecular complexity index is 486. The molecule has 1 rings (SSSR count). The Morgan fingerprint density at radius 2 is 1.95 bits per heavy atom. The van der Waals surface area contributed by atoms with Crippen LogP contribution in [0.25, 0.3) is 0 Å². The van der Waals surface area contributed by atoms with Crippen LogP contribution in [0.3, 0.4) is 0 Å². The van der Waals surface area contributed by atoms with Crippen molar-refractivity contribution in [1.29, 1.82) is 0 Å². The van der Waals surface area contributed by atoms with Crippen LogP contribution in [0.4, 0.5) is 10.5 Å². The number of nitro groups is 1. The molecule has 0 bridgehead atoms. The highest BCUT2D eigenvalue weighted by atomic mass is 16.6. The first-order chi connectivity index (χ1) is 8.82. The molecule has 0 atom stereocenters. The highest BCUT2D eigenvalue weighted by molar-refractivity contribution is 5.72. The molecule has 0 saturated heterocycles. The fourth-order valence-corrected chi connectivity index (χ4v) is 1.48. The summed E-state index contributed by atoms with van der Waals surface area (Å²) >= 11 is 0. The van der Waals surface area contributed by atoms with Gasteiger partial charge in [-0.15, -0.1) is 0 Å². The Morgan fingerprint density at radius 3 is 2.42 bits per heavy atom. The van der Waals surface area contributed by atoms with Crippen molar-refractivity contribution < 1.29 is 14.5 Å². The number of hydrogen-bond donors (Lipinski definition) is 0. The Labute approximate surface area is 111 Å². The molecule has 0 heterocycles. The lowest BCUT2D eigenvalue weighted by Crippen LogP contribution is -2.26. The fraction of sp³-hybridized carbons (Fsp3) is 0.417. The van der Waals surface area contributed by atoms with Crippen molar-refractivity contribution in [1.82, 2.24) is 9.80 Å². The van der Waals surface area contributed by atoms with Crippen LogP contribution in [-0.2, 0) is 6.54 Å². The number of para-hydroxylation sites is 1. The van der Waals surface area contributed by atoms with Crippen LogP contribution in [-0.4, -0.2) is 49.0 Å². The minimum atomic E-state index is -0.644. The molecule has 7 nitrogen and oxygen atoms in total. The molecule has 0 aliphatic rings. The highest BCUT2D eigenvalue weighted by Gasteiger charge is 2.22. The minimum absolute atomic E-state index is 0.0000926. The summed E-state index contributed by atoms with van der Waals surface area (Å²) in [6.45, 7) is 0.442. The summed E-state index contributed by atoms with van der Waals surface area (Å²) in [6.07, 6.45) is -0.644. The van der Waals surface area contributed by atoms with Crippen LogP contribution in [0.15, 0.2) is 18.2 Å². The molecule has 0 radical (unpaired) electrons. The number of ether oxygens (including phenoxy) is 1. The lowest BCUT2D eigenvalue weighted by Gasteiger charge is -2.16. The number of nitrogens with zero attached hydrogens (tertiary/aromatic N) is 3. The number of carbonyl (C=O) groups is 1. The van der Waals surface area contributed by atoms with Gasteiger partial charge in [-0.25, -0.2) is 4.79 Å². The molecule has 1 amide bonds. The minimum Gasteiger partial charge on any atom is -0.402 e. The second kappa shape index (κ2) is 6.14. The van der Waals surface area contributed by atoms with Gasteiger partial charge in [0, 0.05) is 32.3 Å². The third kappa shape index (κ3) is 3.92. The summed E-state index contributed by atoms with van der Waals surface area (Å²) < 4.78 is 5.12. The molecule has 0 aliphatic carbocycles. The molecule has 1 aromatic rings. The second-order valence-electron chi connectivity index (χ2n) is 4.52. The van der Waals surface area contributed by atoms with E-state index in [9.17, 15) is 14.9 Å². The predicted octanol–water partition coefficient (Wildman–Crippen LogP) is 1.72. The Morgan fingerprint density at radius 1 is 1.32 bits per heavy atom. The molecule has 104 valence electrons. The first-order valence-electron chi connectivity index (χ1n) is 5.63. The van der Waals surface area contributed by atoms with Gasteiger partial charge in [0.05, 0.1) is 4.92 Å². The van der Waals surface area contributed by atoms with Crippen molar-refractivity contribution in [3.05, 3.63) is 33.9 Å². The van der Waals surface area contributed by atoms with E-state index >= 15 is 0 Å². The van der Waals surface area contributed by atoms with Crippen LogP contribution < -0.4 is 4.74 Å². The third-order valence-electron chi connectivity index (χ3n) is 2.31. The van der Waals surface area contributed by atoms with Gasteiger partial charge >= 0.3 is 11.8 Å². The highest BCUT2D eigenvalue weighted by Crippen LogP contribution is 2.31. The normalized spacial score (nSPS) is 10.4. The van der Waals surface area contributed by atoms with Crippen molar-refractivity contribution in [3.8, 4) is 5.75 Å². The summed E-state index contributed by atoms with van der Waals surface area (Å²) in [5.74, 6) is -0.0000926. The van der Waals surface area contributed by atoms with E-state index in [1.54, 1.807) is 12.1 Å². The number of nitro benzene ring substituents is 1. The zero-order valence-electron chi connectivity index (χ0n) is 11.4. The molecule has 0 aromatic heterocycles. The fourth-order valence-electron chi connectivity index (χ4n) is 1.48. The standard InChI is InChI=1S/C12H17N3O4/c1-13(2)8-9-6-5-7-10(15(17)18)11(9)19-12(16)14(3)4/h5-7H,8H2,1-4H3. The molecule has 0 spiro atoms. The van der Waals surface area contributed by atoms with Crippen LogP contribution in [0.2, 0.25) is 0 Å². The molecule has 0 unspecified atom stereocenters. The molecule has 0 aliphatic heterocycles. The molecule has 0 fully saturated rings. The summed E-state index contributed by atoms with van der Waals surface area (Å²) in [4.78, 5) is 25.1. The van der Waals surface area contributed by atoms with Gasteiger partial charge in [0.2, 0.25) is 5.75 Å². The van der Waals surface area contributed by atoms with Crippen molar-refractivity contribution >= 4 is 11.8 Å². The van der Waals surface area contributed by atoms with E-state index in [2.05, 4.69) is 0 Å². The summed E-state index contributed by atoms with van der Waals surface area (Å²) in [6, 6.07) is 4.59. The van der Waals surface area contributed by atoms with Gasteiger partial charge in [-0.05, 0) is 14.1 Å². The summed E-state index contributed by atoms with van der Waals surface area (Å²) in [5.41, 5.74) is 0.379. The van der Waals surface area contributed by atoms with Gasteiger partial charge in [-0.2, -0.15) is 0 Å². The van der Waals surface area contributed by atoms with Crippen molar-refractivity contribution in [2.75, 3.05) is 28.2 Å². The quantitative estimate of drug-likeness (QED) is 0.613. The molecule has 0 saturated carbocycles. The Kier molecular flexibility index (Phi) is 4.82. The van der Waals surface area contributed by atoms with Crippen molar-refractivity contribution in [3.63, 3.8) is 0 Å². The van der Waals surface area contributed by atoms with Gasteiger partial charge in [-0.3, -0.25) is 10.1 Å². The number of benzene rings is 1. The third-order valence-corrected chi connectivity index (χ3v) is 2.31. The van der Waals surface area contributed by atoms with Crippen LogP contribution in [0.1, 0.15) is 5.56 Å². The van der Waals surface area contributed by atoms with Crippen LogP contribution in [0.5, 0.6) is 5.75 Å². The maximum absolute atomic E-state index is 11.6. The molecule has 0 N–H and O–H groups in total. The van der Waals surface area contributed by atoms with E-state index in [4.69, 9.17) is 4.74 Å². The zero-order valence-corrected chi connectivity index (χ0v) is 11.4. The van der Waals surface area contributed by atoms with Gasteiger partial charge in [-0.1, -0.05) is 12.1 Å². The lowest BCUT2D eigenvalue weighted by molar-refractivity contribution is -0.385. The first kappa shape index (κ1) is 14.9.